The summed E-state index contributed by atoms with van der Waals surface area (Å²) in [4.78, 5) is 58.4. The van der Waals surface area contributed by atoms with Gasteiger partial charge in [-0.15, -0.1) is 0 Å². The van der Waals surface area contributed by atoms with Crippen LogP contribution in [0.1, 0.15) is 49.2 Å². The number of fused-ring (bicyclic) bond motifs is 1. The zero-order chi connectivity index (χ0) is 24.7. The number of H-pyrrole nitrogens is 1. The molecule has 0 aliphatic heterocycles. The molecule has 0 saturated carbocycles. The number of carbonyl (C=O) groups is 3. The molecule has 0 spiro atoms. The average Bonchev–Trinajstić information content (AvgIpc) is 2.80. The molecule has 1 atom stereocenters. The third-order valence-corrected chi connectivity index (χ3v) is 5.38. The Hall–Kier alpha value is -4.08. The number of nitrogens with one attached hydrogen (secondary N) is 3. The van der Waals surface area contributed by atoms with E-state index in [1.165, 1.54) is 6.92 Å². The molecule has 1 amide bonds. The number of rotatable bonds is 11. The van der Waals surface area contributed by atoms with Crippen LogP contribution in [0.5, 0.6) is 0 Å². The number of benzene rings is 1. The van der Waals surface area contributed by atoms with Gasteiger partial charge in [-0.1, -0.05) is 6.92 Å². The Balaban J connectivity index is 1.46. The van der Waals surface area contributed by atoms with Crippen molar-refractivity contribution in [3.8, 4) is 0 Å². The molecule has 0 fully saturated rings. The van der Waals surface area contributed by atoms with Crippen molar-refractivity contribution in [1.82, 2.24) is 20.3 Å². The lowest BCUT2D eigenvalue weighted by Gasteiger charge is -2.09. The molecule has 10 heteroatoms. The second kappa shape index (κ2) is 11.2. The lowest BCUT2D eigenvalue weighted by Crippen LogP contribution is -2.25. The fraction of sp³-hybridized carbons (Fsp3) is 0.333. The standard InChI is InChI=1S/C24H28N6O4/c1-14(15(2)31)10-19(32)4-3-9-26-23(33)16-5-7-17(8-6-16)27-12-18-13-28-20-11-21(25)30-24(34)22(20)29-18/h5-8,11,13-14,27H,3-4,9-10,12H2,1-2H3,(H,26,33)(H3,25,30,34)/t14-/m1/s1. The number of carbonyl (C=O) groups excluding carboxylic acids is 3. The van der Waals surface area contributed by atoms with E-state index in [1.807, 2.05) is 0 Å². The van der Waals surface area contributed by atoms with Crippen LogP contribution in [-0.2, 0) is 16.1 Å². The van der Waals surface area contributed by atoms with Gasteiger partial charge in [0, 0.05) is 42.6 Å². The van der Waals surface area contributed by atoms with Crippen LogP contribution in [0, 0.1) is 5.92 Å². The van der Waals surface area contributed by atoms with Crippen molar-refractivity contribution in [2.45, 2.75) is 39.7 Å². The number of Topliss-reactive ketones (excluding diaryl/α,β-unsaturated/α-hetero) is 2. The minimum Gasteiger partial charge on any atom is -0.385 e. The van der Waals surface area contributed by atoms with Crippen molar-refractivity contribution >= 4 is 40.0 Å². The smallest absolute Gasteiger partial charge is 0.277 e. The van der Waals surface area contributed by atoms with Crippen LogP contribution in [0.15, 0.2) is 41.3 Å². The van der Waals surface area contributed by atoms with Crippen molar-refractivity contribution in [1.29, 1.82) is 0 Å². The Morgan fingerprint density at radius 1 is 1.18 bits per heavy atom. The molecular weight excluding hydrogens is 436 g/mol. The molecule has 0 saturated heterocycles. The van der Waals surface area contributed by atoms with Gasteiger partial charge in [0.25, 0.3) is 11.5 Å². The van der Waals surface area contributed by atoms with E-state index in [2.05, 4.69) is 25.6 Å². The van der Waals surface area contributed by atoms with Gasteiger partial charge in [-0.05, 0) is 37.6 Å². The predicted octanol–water partition coefficient (Wildman–Crippen LogP) is 2.21. The molecule has 0 bridgehead atoms. The van der Waals surface area contributed by atoms with Crippen LogP contribution in [0.3, 0.4) is 0 Å². The van der Waals surface area contributed by atoms with Gasteiger partial charge >= 0.3 is 0 Å². The topological polar surface area (TPSA) is 160 Å². The minimum atomic E-state index is -0.394. The van der Waals surface area contributed by atoms with Gasteiger partial charge < -0.3 is 21.4 Å². The number of amides is 1. The number of nitrogens with two attached hydrogens (primary N) is 1. The Bertz CT molecular complexity index is 1250. The highest BCUT2D eigenvalue weighted by atomic mass is 16.2. The summed E-state index contributed by atoms with van der Waals surface area (Å²) in [6.07, 6.45) is 2.67. The first-order chi connectivity index (χ1) is 16.2. The van der Waals surface area contributed by atoms with Gasteiger partial charge in [0.05, 0.1) is 24.0 Å². The summed E-state index contributed by atoms with van der Waals surface area (Å²) in [5.41, 5.74) is 7.71. The third-order valence-electron chi connectivity index (χ3n) is 5.38. The van der Waals surface area contributed by atoms with Crippen molar-refractivity contribution in [3.63, 3.8) is 0 Å². The molecule has 3 aromatic rings. The highest BCUT2D eigenvalue weighted by molar-refractivity contribution is 5.94. The second-order valence-corrected chi connectivity index (χ2v) is 8.19. The lowest BCUT2D eigenvalue weighted by molar-refractivity contribution is -0.126. The average molecular weight is 465 g/mol. The van der Waals surface area contributed by atoms with Crippen molar-refractivity contribution in [3.05, 3.63) is 58.1 Å². The van der Waals surface area contributed by atoms with Gasteiger partial charge in [0.2, 0.25) is 0 Å². The van der Waals surface area contributed by atoms with Crippen molar-refractivity contribution in [2.75, 3.05) is 17.6 Å². The zero-order valence-electron chi connectivity index (χ0n) is 19.2. The van der Waals surface area contributed by atoms with Crippen LogP contribution in [0.2, 0.25) is 0 Å². The number of nitrogens with zero attached hydrogens (tertiary/aromatic N) is 2. The molecule has 34 heavy (non-hydrogen) atoms. The Labute approximate surface area is 196 Å². The quantitative estimate of drug-likeness (QED) is 0.314. The number of hydrogen-bond donors (Lipinski definition) is 4. The van der Waals surface area contributed by atoms with Gasteiger partial charge in [-0.25, -0.2) is 4.98 Å². The van der Waals surface area contributed by atoms with Gasteiger partial charge in [-0.3, -0.25) is 24.2 Å². The molecule has 0 aliphatic carbocycles. The molecule has 2 heterocycles. The van der Waals surface area contributed by atoms with E-state index >= 15 is 0 Å². The summed E-state index contributed by atoms with van der Waals surface area (Å²) >= 11 is 0. The summed E-state index contributed by atoms with van der Waals surface area (Å²) in [7, 11) is 0. The number of nitrogen functional groups attached to an aromatic ring is 1. The van der Waals surface area contributed by atoms with E-state index in [0.717, 1.165) is 5.69 Å². The fourth-order valence-corrected chi connectivity index (χ4v) is 3.28. The molecule has 3 rings (SSSR count). The number of pyridine rings is 1. The zero-order valence-corrected chi connectivity index (χ0v) is 19.2. The normalized spacial score (nSPS) is 11.7. The third kappa shape index (κ3) is 6.71. The number of aromatic amines is 1. The van der Waals surface area contributed by atoms with E-state index in [-0.39, 0.29) is 41.1 Å². The lowest BCUT2D eigenvalue weighted by atomic mass is 9.99. The first kappa shape index (κ1) is 24.6. The van der Waals surface area contributed by atoms with E-state index < -0.39 is 5.56 Å². The molecule has 5 N–H and O–H groups in total. The Morgan fingerprint density at radius 3 is 2.62 bits per heavy atom. The van der Waals surface area contributed by atoms with Crippen molar-refractivity contribution < 1.29 is 14.4 Å². The van der Waals surface area contributed by atoms with E-state index in [0.29, 0.717) is 42.7 Å². The summed E-state index contributed by atoms with van der Waals surface area (Å²) in [5.74, 6) is -0.225. The summed E-state index contributed by atoms with van der Waals surface area (Å²) in [5, 5.41) is 5.97. The SMILES string of the molecule is CC(=O)[C@H](C)CC(=O)CCCNC(=O)c1ccc(NCc2cnc3cc(N)[nH]c(=O)c3n2)cc1. The number of hydrogen-bond acceptors (Lipinski definition) is 8. The molecule has 2 aromatic heterocycles. The number of ketones is 2. The van der Waals surface area contributed by atoms with Gasteiger partial charge in [0.15, 0.2) is 5.52 Å². The highest BCUT2D eigenvalue weighted by Crippen LogP contribution is 2.13. The van der Waals surface area contributed by atoms with Gasteiger partial charge in [0.1, 0.15) is 17.4 Å². The summed E-state index contributed by atoms with van der Waals surface area (Å²) < 4.78 is 0. The molecule has 1 aromatic carbocycles. The molecule has 0 unspecified atom stereocenters. The van der Waals surface area contributed by atoms with E-state index in [1.54, 1.807) is 43.5 Å². The highest BCUT2D eigenvalue weighted by Gasteiger charge is 2.13. The van der Waals surface area contributed by atoms with Crippen LogP contribution in [0.25, 0.3) is 11.0 Å². The number of aromatic nitrogens is 3. The Morgan fingerprint density at radius 2 is 1.91 bits per heavy atom. The van der Waals surface area contributed by atoms with E-state index in [9.17, 15) is 19.2 Å². The van der Waals surface area contributed by atoms with Crippen LogP contribution >= 0.6 is 0 Å². The predicted molar refractivity (Wildman–Crippen MR) is 129 cm³/mol. The second-order valence-electron chi connectivity index (χ2n) is 8.19. The molecule has 0 aliphatic rings. The molecule has 0 radical (unpaired) electrons. The molecular formula is C24H28N6O4. The monoisotopic (exact) mass is 464 g/mol. The maximum absolute atomic E-state index is 12.3. The molecule has 178 valence electrons. The first-order valence-electron chi connectivity index (χ1n) is 11.0. The number of anilines is 2. The van der Waals surface area contributed by atoms with Gasteiger partial charge in [-0.2, -0.15) is 0 Å². The maximum atomic E-state index is 12.3. The largest absolute Gasteiger partial charge is 0.385 e. The summed E-state index contributed by atoms with van der Waals surface area (Å²) in [6.45, 7) is 3.95. The Kier molecular flexibility index (Phi) is 8.07. The van der Waals surface area contributed by atoms with Crippen LogP contribution in [-0.4, -0.2) is 39.0 Å². The minimum absolute atomic E-state index is 0.00522. The molecule has 10 nitrogen and oxygen atoms in total. The first-order valence-corrected chi connectivity index (χ1v) is 11.0. The van der Waals surface area contributed by atoms with E-state index in [4.69, 9.17) is 5.73 Å². The summed E-state index contributed by atoms with van der Waals surface area (Å²) in [6, 6.07) is 8.47. The van der Waals surface area contributed by atoms with Crippen LogP contribution < -0.4 is 21.9 Å². The van der Waals surface area contributed by atoms with Crippen molar-refractivity contribution in [2.24, 2.45) is 5.92 Å². The maximum Gasteiger partial charge on any atom is 0.277 e. The van der Waals surface area contributed by atoms with Crippen LogP contribution in [0.4, 0.5) is 11.5 Å². The fourth-order valence-electron chi connectivity index (χ4n) is 3.28.